The number of aromatic nitrogens is 3. The molecule has 1 atom stereocenters. The molecule has 3 aromatic rings. The lowest BCUT2D eigenvalue weighted by Gasteiger charge is -2.25. The van der Waals surface area contributed by atoms with E-state index >= 15 is 0 Å². The van der Waals surface area contributed by atoms with E-state index in [1.807, 2.05) is 65.1 Å². The molecule has 2 aromatic heterocycles. The van der Waals surface area contributed by atoms with Gasteiger partial charge in [-0.25, -0.2) is 9.97 Å². The summed E-state index contributed by atoms with van der Waals surface area (Å²) in [5.41, 5.74) is 1.59. The predicted molar refractivity (Wildman–Crippen MR) is 127 cm³/mol. The monoisotopic (exact) mass is 445 g/mol. The van der Waals surface area contributed by atoms with Crippen molar-refractivity contribution in [2.75, 3.05) is 32.8 Å². The number of pyridine rings is 1. The first-order valence-corrected chi connectivity index (χ1v) is 11.9. The molecule has 0 unspecified atom stereocenters. The van der Waals surface area contributed by atoms with E-state index in [4.69, 9.17) is 9.72 Å². The number of imidazole rings is 1. The van der Waals surface area contributed by atoms with Crippen molar-refractivity contribution in [1.82, 2.24) is 24.3 Å². The molecule has 7 nitrogen and oxygen atoms in total. The van der Waals surface area contributed by atoms with Gasteiger partial charge in [0.05, 0.1) is 11.7 Å². The summed E-state index contributed by atoms with van der Waals surface area (Å²) in [5, 5.41) is 0. The van der Waals surface area contributed by atoms with Crippen LogP contribution in [0.3, 0.4) is 0 Å². The SMILES string of the molecule is Cc1nccn1-c1cccc([C@@H]2CCCN2C(=O)c2cccc(OCCN3CCCC3)c2)n1. The normalized spacial score (nSPS) is 18.7. The number of carbonyl (C=O) groups is 1. The molecule has 1 amide bonds. The molecule has 0 bridgehead atoms. The van der Waals surface area contributed by atoms with Crippen LogP contribution in [0.25, 0.3) is 5.82 Å². The van der Waals surface area contributed by atoms with E-state index in [2.05, 4.69) is 9.88 Å². The number of likely N-dealkylation sites (tertiary alicyclic amines) is 2. The minimum absolute atomic E-state index is 0.0268. The van der Waals surface area contributed by atoms with Crippen molar-refractivity contribution < 1.29 is 9.53 Å². The lowest BCUT2D eigenvalue weighted by molar-refractivity contribution is 0.0732. The van der Waals surface area contributed by atoms with Crippen molar-refractivity contribution in [1.29, 1.82) is 0 Å². The molecule has 4 heterocycles. The minimum atomic E-state index is -0.0268. The minimum Gasteiger partial charge on any atom is -0.492 e. The molecule has 0 aliphatic carbocycles. The van der Waals surface area contributed by atoms with Gasteiger partial charge in [0.15, 0.2) is 0 Å². The zero-order chi connectivity index (χ0) is 22.6. The highest BCUT2D eigenvalue weighted by molar-refractivity contribution is 5.95. The Balaban J connectivity index is 1.29. The second-order valence-corrected chi connectivity index (χ2v) is 8.85. The second kappa shape index (κ2) is 9.75. The molecule has 2 aliphatic heterocycles. The van der Waals surface area contributed by atoms with Crippen molar-refractivity contribution in [3.8, 4) is 11.6 Å². The molecule has 2 aliphatic rings. The van der Waals surface area contributed by atoms with Crippen LogP contribution < -0.4 is 4.74 Å². The summed E-state index contributed by atoms with van der Waals surface area (Å²) >= 11 is 0. The van der Waals surface area contributed by atoms with Gasteiger partial charge in [-0.2, -0.15) is 0 Å². The van der Waals surface area contributed by atoms with Crippen molar-refractivity contribution in [2.45, 2.75) is 38.6 Å². The van der Waals surface area contributed by atoms with Crippen molar-refractivity contribution >= 4 is 5.91 Å². The Morgan fingerprint density at radius 1 is 1.09 bits per heavy atom. The van der Waals surface area contributed by atoms with Crippen LogP contribution in [0.15, 0.2) is 54.9 Å². The van der Waals surface area contributed by atoms with E-state index in [0.29, 0.717) is 12.2 Å². The fourth-order valence-corrected chi connectivity index (χ4v) is 4.88. The zero-order valence-electron chi connectivity index (χ0n) is 19.2. The average molecular weight is 446 g/mol. The van der Waals surface area contributed by atoms with Gasteiger partial charge >= 0.3 is 0 Å². The van der Waals surface area contributed by atoms with Gasteiger partial charge in [-0.1, -0.05) is 12.1 Å². The van der Waals surface area contributed by atoms with Crippen molar-refractivity contribution in [3.05, 3.63) is 71.9 Å². The van der Waals surface area contributed by atoms with Gasteiger partial charge in [0.1, 0.15) is 24.0 Å². The van der Waals surface area contributed by atoms with Gasteiger partial charge in [0.25, 0.3) is 5.91 Å². The number of hydrogen-bond donors (Lipinski definition) is 0. The number of nitrogens with zero attached hydrogens (tertiary/aromatic N) is 5. The quantitative estimate of drug-likeness (QED) is 0.550. The number of carbonyl (C=O) groups excluding carboxylic acids is 1. The maximum absolute atomic E-state index is 13.5. The maximum atomic E-state index is 13.5. The molecule has 0 N–H and O–H groups in total. The standard InChI is InChI=1S/C26H31N5O2/c1-20-27-12-16-30(20)25-11-5-9-23(28-25)24-10-6-15-31(24)26(32)21-7-4-8-22(19-21)33-18-17-29-13-2-3-14-29/h4-5,7-9,11-12,16,19,24H,2-3,6,10,13-15,17-18H2,1H3/t24-/m0/s1. The van der Waals surface area contributed by atoms with Crippen molar-refractivity contribution in [2.24, 2.45) is 0 Å². The lowest BCUT2D eigenvalue weighted by Crippen LogP contribution is -2.31. The molecular weight excluding hydrogens is 414 g/mol. The van der Waals surface area contributed by atoms with E-state index in [1.165, 1.54) is 12.8 Å². The third-order valence-electron chi connectivity index (χ3n) is 6.64. The van der Waals surface area contributed by atoms with E-state index in [0.717, 1.165) is 62.1 Å². The highest BCUT2D eigenvalue weighted by atomic mass is 16.5. The Kier molecular flexibility index (Phi) is 6.39. The van der Waals surface area contributed by atoms with Gasteiger partial charge < -0.3 is 9.64 Å². The smallest absolute Gasteiger partial charge is 0.254 e. The summed E-state index contributed by atoms with van der Waals surface area (Å²) < 4.78 is 7.93. The highest BCUT2D eigenvalue weighted by Crippen LogP contribution is 2.33. The number of hydrogen-bond acceptors (Lipinski definition) is 5. The van der Waals surface area contributed by atoms with Crippen LogP contribution in [-0.2, 0) is 0 Å². The molecule has 2 fully saturated rings. The van der Waals surface area contributed by atoms with Crippen molar-refractivity contribution in [3.63, 3.8) is 0 Å². The summed E-state index contributed by atoms with van der Waals surface area (Å²) in [6.45, 7) is 6.60. The second-order valence-electron chi connectivity index (χ2n) is 8.85. The third kappa shape index (κ3) is 4.78. The van der Waals surface area contributed by atoms with E-state index in [9.17, 15) is 4.79 Å². The summed E-state index contributed by atoms with van der Waals surface area (Å²) in [6, 6.07) is 13.6. The molecular formula is C26H31N5O2. The number of amides is 1. The molecule has 0 radical (unpaired) electrons. The predicted octanol–water partition coefficient (Wildman–Crippen LogP) is 4.03. The summed E-state index contributed by atoms with van der Waals surface area (Å²) in [4.78, 5) is 27.0. The van der Waals surface area contributed by atoms with Crippen LogP contribution in [0.2, 0.25) is 0 Å². The topological polar surface area (TPSA) is 63.5 Å². The summed E-state index contributed by atoms with van der Waals surface area (Å²) in [5.74, 6) is 2.51. The largest absolute Gasteiger partial charge is 0.492 e. The molecule has 33 heavy (non-hydrogen) atoms. The van der Waals surface area contributed by atoms with E-state index < -0.39 is 0 Å². The summed E-state index contributed by atoms with van der Waals surface area (Å²) in [6.07, 6.45) is 8.13. The molecule has 1 aromatic carbocycles. The molecule has 0 spiro atoms. The van der Waals surface area contributed by atoms with Gasteiger partial charge in [-0.15, -0.1) is 0 Å². The first kappa shape index (κ1) is 21.6. The molecule has 2 saturated heterocycles. The Morgan fingerprint density at radius 3 is 2.76 bits per heavy atom. The first-order valence-electron chi connectivity index (χ1n) is 11.9. The van der Waals surface area contributed by atoms with Gasteiger partial charge in [0.2, 0.25) is 0 Å². The Hall–Kier alpha value is -3.19. The fraction of sp³-hybridized carbons (Fsp3) is 0.423. The molecule has 172 valence electrons. The molecule has 7 heteroatoms. The molecule has 0 saturated carbocycles. The Labute approximate surface area is 195 Å². The van der Waals surface area contributed by atoms with Crippen LogP contribution in [-0.4, -0.2) is 63.0 Å². The molecule has 5 rings (SSSR count). The van der Waals surface area contributed by atoms with Gasteiger partial charge in [0, 0.05) is 31.0 Å². The van der Waals surface area contributed by atoms with Crippen LogP contribution in [0.1, 0.15) is 53.6 Å². The van der Waals surface area contributed by atoms with Gasteiger partial charge in [-0.3, -0.25) is 14.3 Å². The van der Waals surface area contributed by atoms with Crippen LogP contribution in [0, 0.1) is 6.92 Å². The van der Waals surface area contributed by atoms with Crippen LogP contribution >= 0.6 is 0 Å². The van der Waals surface area contributed by atoms with Crippen LogP contribution in [0.5, 0.6) is 5.75 Å². The number of ether oxygens (including phenoxy) is 1. The lowest BCUT2D eigenvalue weighted by atomic mass is 10.1. The Morgan fingerprint density at radius 2 is 1.94 bits per heavy atom. The van der Waals surface area contributed by atoms with E-state index in [-0.39, 0.29) is 11.9 Å². The number of rotatable bonds is 7. The van der Waals surface area contributed by atoms with Crippen LogP contribution in [0.4, 0.5) is 0 Å². The highest BCUT2D eigenvalue weighted by Gasteiger charge is 2.32. The number of benzene rings is 1. The maximum Gasteiger partial charge on any atom is 0.254 e. The Bertz CT molecular complexity index is 1110. The van der Waals surface area contributed by atoms with Gasteiger partial charge in [-0.05, 0) is 76.0 Å². The first-order chi connectivity index (χ1) is 16.2. The average Bonchev–Trinajstić information content (AvgIpc) is 3.61. The zero-order valence-corrected chi connectivity index (χ0v) is 19.2. The fourth-order valence-electron chi connectivity index (χ4n) is 4.88. The number of aryl methyl sites for hydroxylation is 1. The summed E-state index contributed by atoms with van der Waals surface area (Å²) in [7, 11) is 0. The van der Waals surface area contributed by atoms with E-state index in [1.54, 1.807) is 6.20 Å². The third-order valence-corrected chi connectivity index (χ3v) is 6.64.